The molecule has 2 nitrogen and oxygen atoms in total. The fraction of sp³-hybridized carbons (Fsp3) is 0.316. The fourth-order valence-electron chi connectivity index (χ4n) is 3.07. The summed E-state index contributed by atoms with van der Waals surface area (Å²) in [5.74, 6) is 0.135. The Kier molecular flexibility index (Phi) is 4.09. The number of rotatable bonds is 1. The molecule has 0 atom stereocenters. The number of amides is 1. The minimum atomic E-state index is 0.135. The van der Waals surface area contributed by atoms with Gasteiger partial charge in [0.25, 0.3) is 5.91 Å². The molecule has 0 aromatic heterocycles. The lowest BCUT2D eigenvalue weighted by Gasteiger charge is -2.29. The lowest BCUT2D eigenvalue weighted by atomic mass is 9.96. The lowest BCUT2D eigenvalue weighted by molar-refractivity contribution is 0.0734. The maximum absolute atomic E-state index is 13.0. The molecule has 1 aliphatic rings. The van der Waals surface area contributed by atoms with E-state index in [2.05, 4.69) is 48.0 Å². The zero-order chi connectivity index (χ0) is 15.9. The van der Waals surface area contributed by atoms with Crippen molar-refractivity contribution in [3.05, 3.63) is 68.2 Å². The minimum absolute atomic E-state index is 0.135. The first-order valence-electron chi connectivity index (χ1n) is 7.61. The van der Waals surface area contributed by atoms with Crippen LogP contribution in [0.1, 0.15) is 38.2 Å². The average molecular weight is 358 g/mol. The first-order valence-corrected chi connectivity index (χ1v) is 8.40. The number of halogens is 1. The standard InChI is InChI=1S/C19H20BrNO/c1-12-13(2)17(10-18(20)14(12)3)19(22)21-9-8-15-6-4-5-7-16(15)11-21/h4-7,10H,8-9,11H2,1-3H3. The van der Waals surface area contributed by atoms with Crippen LogP contribution in [0, 0.1) is 20.8 Å². The summed E-state index contributed by atoms with van der Waals surface area (Å²) in [5, 5.41) is 0. The molecule has 1 heterocycles. The van der Waals surface area contributed by atoms with Crippen molar-refractivity contribution in [1.29, 1.82) is 0 Å². The third-order valence-electron chi connectivity index (χ3n) is 4.81. The van der Waals surface area contributed by atoms with E-state index in [1.165, 1.54) is 22.3 Å². The molecule has 22 heavy (non-hydrogen) atoms. The van der Waals surface area contributed by atoms with E-state index in [4.69, 9.17) is 0 Å². The lowest BCUT2D eigenvalue weighted by Crippen LogP contribution is -2.36. The van der Waals surface area contributed by atoms with Gasteiger partial charge in [0.2, 0.25) is 0 Å². The van der Waals surface area contributed by atoms with Gasteiger partial charge in [-0.2, -0.15) is 0 Å². The Labute approximate surface area is 140 Å². The normalized spacial score (nSPS) is 13.9. The highest BCUT2D eigenvalue weighted by molar-refractivity contribution is 9.10. The topological polar surface area (TPSA) is 20.3 Å². The van der Waals surface area contributed by atoms with Gasteiger partial charge in [-0.05, 0) is 61.1 Å². The smallest absolute Gasteiger partial charge is 0.254 e. The van der Waals surface area contributed by atoms with E-state index in [-0.39, 0.29) is 5.91 Å². The SMILES string of the molecule is Cc1c(Br)cc(C(=O)N2CCc3ccccc3C2)c(C)c1C. The molecule has 0 N–H and O–H groups in total. The van der Waals surface area contributed by atoms with E-state index >= 15 is 0 Å². The van der Waals surface area contributed by atoms with Gasteiger partial charge in [0.15, 0.2) is 0 Å². The fourth-order valence-corrected chi connectivity index (χ4v) is 3.59. The van der Waals surface area contributed by atoms with Crippen LogP contribution < -0.4 is 0 Å². The molecule has 0 aliphatic carbocycles. The minimum Gasteiger partial charge on any atom is -0.334 e. The van der Waals surface area contributed by atoms with Gasteiger partial charge in [-0.15, -0.1) is 0 Å². The number of fused-ring (bicyclic) bond motifs is 1. The van der Waals surface area contributed by atoms with E-state index in [1.807, 2.05) is 24.0 Å². The van der Waals surface area contributed by atoms with Crippen LogP contribution in [0.25, 0.3) is 0 Å². The molecule has 0 unspecified atom stereocenters. The quantitative estimate of drug-likeness (QED) is 0.731. The second-order valence-corrected chi connectivity index (χ2v) is 6.88. The third kappa shape index (κ3) is 2.58. The first-order chi connectivity index (χ1) is 10.5. The maximum Gasteiger partial charge on any atom is 0.254 e. The van der Waals surface area contributed by atoms with E-state index in [9.17, 15) is 4.79 Å². The molecule has 0 saturated carbocycles. The highest BCUT2D eigenvalue weighted by Gasteiger charge is 2.23. The van der Waals surface area contributed by atoms with Crippen molar-refractivity contribution in [3.63, 3.8) is 0 Å². The molecule has 0 bridgehead atoms. The molecule has 3 heteroatoms. The van der Waals surface area contributed by atoms with Gasteiger partial charge in [-0.1, -0.05) is 40.2 Å². The van der Waals surface area contributed by atoms with Gasteiger partial charge < -0.3 is 4.90 Å². The third-order valence-corrected chi connectivity index (χ3v) is 5.63. The molecule has 3 rings (SSSR count). The van der Waals surface area contributed by atoms with Crippen LogP contribution in [-0.4, -0.2) is 17.4 Å². The largest absolute Gasteiger partial charge is 0.334 e. The monoisotopic (exact) mass is 357 g/mol. The Morgan fingerprint density at radius 2 is 1.73 bits per heavy atom. The van der Waals surface area contributed by atoms with E-state index in [0.717, 1.165) is 28.6 Å². The Morgan fingerprint density at radius 1 is 1.05 bits per heavy atom. The van der Waals surface area contributed by atoms with Gasteiger partial charge in [0, 0.05) is 23.1 Å². The van der Waals surface area contributed by atoms with Crippen molar-refractivity contribution in [2.24, 2.45) is 0 Å². The molecule has 0 spiro atoms. The van der Waals surface area contributed by atoms with Crippen LogP contribution >= 0.6 is 15.9 Å². The molecule has 0 radical (unpaired) electrons. The molecule has 1 aliphatic heterocycles. The molecular formula is C19H20BrNO. The van der Waals surface area contributed by atoms with Gasteiger partial charge in [-0.3, -0.25) is 4.79 Å². The summed E-state index contributed by atoms with van der Waals surface area (Å²) in [6, 6.07) is 10.4. The molecule has 2 aromatic rings. The van der Waals surface area contributed by atoms with Crippen molar-refractivity contribution in [3.8, 4) is 0 Å². The Hall–Kier alpha value is -1.61. The van der Waals surface area contributed by atoms with E-state index in [1.54, 1.807) is 0 Å². The summed E-state index contributed by atoms with van der Waals surface area (Å²) in [6.07, 6.45) is 0.937. The average Bonchev–Trinajstić information content (AvgIpc) is 2.55. The van der Waals surface area contributed by atoms with Crippen molar-refractivity contribution >= 4 is 21.8 Å². The van der Waals surface area contributed by atoms with Crippen LogP contribution in [0.2, 0.25) is 0 Å². The van der Waals surface area contributed by atoms with Gasteiger partial charge in [-0.25, -0.2) is 0 Å². The van der Waals surface area contributed by atoms with Crippen molar-refractivity contribution < 1.29 is 4.79 Å². The van der Waals surface area contributed by atoms with Gasteiger partial charge in [0.1, 0.15) is 0 Å². The van der Waals surface area contributed by atoms with E-state index < -0.39 is 0 Å². The predicted octanol–water partition coefficient (Wildman–Crippen LogP) is 4.57. The summed E-state index contributed by atoms with van der Waals surface area (Å²) in [6.45, 7) is 7.70. The van der Waals surface area contributed by atoms with Crippen LogP contribution in [0.4, 0.5) is 0 Å². The summed E-state index contributed by atoms with van der Waals surface area (Å²) < 4.78 is 1.01. The number of hydrogen-bond acceptors (Lipinski definition) is 1. The second kappa shape index (κ2) is 5.88. The number of carbonyl (C=O) groups is 1. The second-order valence-electron chi connectivity index (χ2n) is 6.03. The highest BCUT2D eigenvalue weighted by atomic mass is 79.9. The molecule has 0 fully saturated rings. The molecule has 1 amide bonds. The zero-order valence-corrected chi connectivity index (χ0v) is 14.8. The van der Waals surface area contributed by atoms with Crippen LogP contribution in [-0.2, 0) is 13.0 Å². The molecule has 0 saturated heterocycles. The van der Waals surface area contributed by atoms with Crippen molar-refractivity contribution in [2.45, 2.75) is 33.7 Å². The number of hydrogen-bond donors (Lipinski definition) is 0. The van der Waals surface area contributed by atoms with Crippen LogP contribution in [0.5, 0.6) is 0 Å². The highest BCUT2D eigenvalue weighted by Crippen LogP contribution is 2.28. The Morgan fingerprint density at radius 3 is 2.45 bits per heavy atom. The number of benzene rings is 2. The predicted molar refractivity (Wildman–Crippen MR) is 93.2 cm³/mol. The molecular weight excluding hydrogens is 338 g/mol. The van der Waals surface area contributed by atoms with Crippen molar-refractivity contribution in [2.75, 3.05) is 6.54 Å². The van der Waals surface area contributed by atoms with E-state index in [0.29, 0.717) is 6.54 Å². The van der Waals surface area contributed by atoms with Crippen molar-refractivity contribution in [1.82, 2.24) is 4.90 Å². The number of nitrogens with zero attached hydrogens (tertiary/aromatic N) is 1. The molecule has 114 valence electrons. The maximum atomic E-state index is 13.0. The zero-order valence-electron chi connectivity index (χ0n) is 13.2. The van der Waals surface area contributed by atoms with Crippen LogP contribution in [0.3, 0.4) is 0 Å². The molecule has 2 aromatic carbocycles. The van der Waals surface area contributed by atoms with Gasteiger partial charge >= 0.3 is 0 Å². The first kappa shape index (κ1) is 15.3. The summed E-state index contributed by atoms with van der Waals surface area (Å²) in [5.41, 5.74) is 6.93. The summed E-state index contributed by atoms with van der Waals surface area (Å²) in [7, 11) is 0. The Bertz CT molecular complexity index is 751. The summed E-state index contributed by atoms with van der Waals surface area (Å²) >= 11 is 3.58. The van der Waals surface area contributed by atoms with Crippen LogP contribution in [0.15, 0.2) is 34.8 Å². The summed E-state index contributed by atoms with van der Waals surface area (Å²) in [4.78, 5) is 14.9. The number of carbonyl (C=O) groups excluding carboxylic acids is 1. The van der Waals surface area contributed by atoms with Gasteiger partial charge in [0.05, 0.1) is 0 Å². The Balaban J connectivity index is 1.93.